The number of hydrogen-bond donors (Lipinski definition) is 0. The van der Waals surface area contributed by atoms with Gasteiger partial charge in [0.2, 0.25) is 0 Å². The van der Waals surface area contributed by atoms with Crippen LogP contribution >= 0.6 is 11.8 Å². The van der Waals surface area contributed by atoms with Crippen LogP contribution in [0.1, 0.15) is 22.1 Å². The second-order valence-corrected chi connectivity index (χ2v) is 6.94. The van der Waals surface area contributed by atoms with Crippen molar-refractivity contribution in [1.29, 1.82) is 0 Å². The first-order valence-corrected chi connectivity index (χ1v) is 8.86. The molecular formula is C19H21NO2S. The highest BCUT2D eigenvalue weighted by Crippen LogP contribution is 2.38. The van der Waals surface area contributed by atoms with Crippen molar-refractivity contribution in [3.63, 3.8) is 0 Å². The standard InChI is InChI=1S/C19H21NO2S/c1-14-8-9-16(12-15(14)2)19-20(10-11-23-19)18(21)13-22-17-6-4-3-5-7-17/h3-9,12,19H,10-11,13H2,1-2H3. The lowest BCUT2D eigenvalue weighted by molar-refractivity contribution is -0.133. The third kappa shape index (κ3) is 3.70. The molecule has 120 valence electrons. The molecule has 1 atom stereocenters. The molecule has 1 saturated heterocycles. The van der Waals surface area contributed by atoms with E-state index in [4.69, 9.17) is 4.74 Å². The molecule has 0 bridgehead atoms. The molecule has 0 saturated carbocycles. The molecule has 0 aliphatic carbocycles. The van der Waals surface area contributed by atoms with Gasteiger partial charge in [-0.1, -0.05) is 36.4 Å². The van der Waals surface area contributed by atoms with E-state index >= 15 is 0 Å². The molecular weight excluding hydrogens is 306 g/mol. The SMILES string of the molecule is Cc1ccc(C2SCCN2C(=O)COc2ccccc2)cc1C. The average molecular weight is 327 g/mol. The van der Waals surface area contributed by atoms with Gasteiger partial charge in [-0.25, -0.2) is 0 Å². The highest BCUT2D eigenvalue weighted by atomic mass is 32.2. The van der Waals surface area contributed by atoms with E-state index in [0.29, 0.717) is 0 Å². The maximum atomic E-state index is 12.5. The summed E-state index contributed by atoms with van der Waals surface area (Å²) in [6.07, 6.45) is 0. The predicted octanol–water partition coefficient (Wildman–Crippen LogP) is 3.96. The first-order chi connectivity index (χ1) is 11.1. The third-order valence-corrected chi connectivity index (χ3v) is 5.39. The summed E-state index contributed by atoms with van der Waals surface area (Å²) < 4.78 is 5.61. The number of ether oxygens (including phenoxy) is 1. The van der Waals surface area contributed by atoms with Gasteiger partial charge in [0.15, 0.2) is 6.61 Å². The van der Waals surface area contributed by atoms with Crippen molar-refractivity contribution in [2.24, 2.45) is 0 Å². The molecule has 0 aromatic heterocycles. The highest BCUT2D eigenvalue weighted by molar-refractivity contribution is 7.99. The van der Waals surface area contributed by atoms with Crippen molar-refractivity contribution >= 4 is 17.7 Å². The van der Waals surface area contributed by atoms with Crippen LogP contribution in [-0.4, -0.2) is 29.7 Å². The Hall–Kier alpha value is -1.94. The molecule has 2 aromatic rings. The molecule has 3 rings (SSSR count). The Bertz CT molecular complexity index is 687. The highest BCUT2D eigenvalue weighted by Gasteiger charge is 2.30. The monoisotopic (exact) mass is 327 g/mol. The Labute approximate surface area is 141 Å². The number of hydrogen-bond acceptors (Lipinski definition) is 3. The van der Waals surface area contributed by atoms with Crippen LogP contribution < -0.4 is 4.74 Å². The molecule has 1 fully saturated rings. The molecule has 1 aliphatic heterocycles. The number of carbonyl (C=O) groups excluding carboxylic acids is 1. The Morgan fingerprint density at radius 3 is 2.70 bits per heavy atom. The molecule has 3 nitrogen and oxygen atoms in total. The molecule has 0 spiro atoms. The number of amides is 1. The van der Waals surface area contributed by atoms with Gasteiger partial charge in [-0.05, 0) is 42.7 Å². The number of para-hydroxylation sites is 1. The zero-order valence-electron chi connectivity index (χ0n) is 13.5. The van der Waals surface area contributed by atoms with Crippen LogP contribution in [0.2, 0.25) is 0 Å². The van der Waals surface area contributed by atoms with Crippen molar-refractivity contribution in [2.75, 3.05) is 18.9 Å². The van der Waals surface area contributed by atoms with Gasteiger partial charge in [-0.3, -0.25) is 4.79 Å². The van der Waals surface area contributed by atoms with Crippen LogP contribution in [0.25, 0.3) is 0 Å². The molecule has 1 heterocycles. The first-order valence-electron chi connectivity index (χ1n) is 7.81. The van der Waals surface area contributed by atoms with E-state index in [9.17, 15) is 4.79 Å². The van der Waals surface area contributed by atoms with Crippen LogP contribution in [0.15, 0.2) is 48.5 Å². The topological polar surface area (TPSA) is 29.5 Å². The summed E-state index contributed by atoms with van der Waals surface area (Å²) in [4.78, 5) is 14.5. The summed E-state index contributed by atoms with van der Waals surface area (Å²) in [7, 11) is 0. The van der Waals surface area contributed by atoms with Crippen molar-refractivity contribution in [2.45, 2.75) is 19.2 Å². The molecule has 1 aliphatic rings. The number of aryl methyl sites for hydroxylation is 2. The van der Waals surface area contributed by atoms with Gasteiger partial charge >= 0.3 is 0 Å². The zero-order valence-corrected chi connectivity index (χ0v) is 14.3. The van der Waals surface area contributed by atoms with E-state index in [1.165, 1.54) is 16.7 Å². The average Bonchev–Trinajstić information content (AvgIpc) is 3.06. The molecule has 1 amide bonds. The summed E-state index contributed by atoms with van der Waals surface area (Å²) in [5, 5.41) is 0.0983. The summed E-state index contributed by atoms with van der Waals surface area (Å²) in [5.41, 5.74) is 3.74. The smallest absolute Gasteiger partial charge is 0.261 e. The summed E-state index contributed by atoms with van der Waals surface area (Å²) >= 11 is 1.82. The molecule has 23 heavy (non-hydrogen) atoms. The Kier molecular flexibility index (Phi) is 4.91. The van der Waals surface area contributed by atoms with Crippen LogP contribution in [0, 0.1) is 13.8 Å². The van der Waals surface area contributed by atoms with Gasteiger partial charge in [0.25, 0.3) is 5.91 Å². The largest absolute Gasteiger partial charge is 0.484 e. The van der Waals surface area contributed by atoms with Gasteiger partial charge in [-0.15, -0.1) is 11.8 Å². The second kappa shape index (κ2) is 7.09. The molecule has 4 heteroatoms. The van der Waals surface area contributed by atoms with Crippen molar-refractivity contribution in [3.8, 4) is 5.75 Å². The molecule has 2 aromatic carbocycles. The van der Waals surface area contributed by atoms with Gasteiger partial charge in [-0.2, -0.15) is 0 Å². The van der Waals surface area contributed by atoms with Crippen LogP contribution in [0.5, 0.6) is 5.75 Å². The Balaban J connectivity index is 1.68. The molecule has 1 unspecified atom stereocenters. The van der Waals surface area contributed by atoms with E-state index in [-0.39, 0.29) is 17.9 Å². The van der Waals surface area contributed by atoms with Crippen molar-refractivity contribution < 1.29 is 9.53 Å². The lowest BCUT2D eigenvalue weighted by Gasteiger charge is -2.24. The van der Waals surface area contributed by atoms with E-state index in [1.54, 1.807) is 0 Å². The third-order valence-electron chi connectivity index (χ3n) is 4.13. The number of rotatable bonds is 4. The second-order valence-electron chi connectivity index (χ2n) is 5.76. The van der Waals surface area contributed by atoms with E-state index in [1.807, 2.05) is 47.0 Å². The minimum Gasteiger partial charge on any atom is -0.484 e. The summed E-state index contributed by atoms with van der Waals surface area (Å²) in [6, 6.07) is 15.9. The maximum Gasteiger partial charge on any atom is 0.261 e. The fraction of sp³-hybridized carbons (Fsp3) is 0.316. The summed E-state index contributed by atoms with van der Waals surface area (Å²) in [5.74, 6) is 1.74. The van der Waals surface area contributed by atoms with E-state index in [2.05, 4.69) is 32.0 Å². The van der Waals surface area contributed by atoms with Gasteiger partial charge in [0, 0.05) is 12.3 Å². The maximum absolute atomic E-state index is 12.5. The van der Waals surface area contributed by atoms with E-state index in [0.717, 1.165) is 18.0 Å². The van der Waals surface area contributed by atoms with Crippen LogP contribution in [0.4, 0.5) is 0 Å². The van der Waals surface area contributed by atoms with E-state index < -0.39 is 0 Å². The van der Waals surface area contributed by atoms with Crippen molar-refractivity contribution in [3.05, 3.63) is 65.2 Å². The fourth-order valence-corrected chi connectivity index (χ4v) is 3.93. The van der Waals surface area contributed by atoms with Crippen LogP contribution in [0.3, 0.4) is 0 Å². The van der Waals surface area contributed by atoms with Gasteiger partial charge in [0.1, 0.15) is 11.1 Å². The van der Waals surface area contributed by atoms with Crippen molar-refractivity contribution in [1.82, 2.24) is 4.90 Å². The summed E-state index contributed by atoms with van der Waals surface area (Å²) in [6.45, 7) is 5.09. The number of carbonyl (C=O) groups is 1. The Morgan fingerprint density at radius 2 is 1.96 bits per heavy atom. The quantitative estimate of drug-likeness (QED) is 0.851. The van der Waals surface area contributed by atoms with Gasteiger partial charge < -0.3 is 9.64 Å². The minimum absolute atomic E-state index is 0.0436. The molecule has 0 N–H and O–H groups in total. The molecule has 0 radical (unpaired) electrons. The number of benzene rings is 2. The normalized spacial score (nSPS) is 17.3. The predicted molar refractivity (Wildman–Crippen MR) is 94.8 cm³/mol. The Morgan fingerprint density at radius 1 is 1.17 bits per heavy atom. The van der Waals surface area contributed by atoms with Crippen LogP contribution in [-0.2, 0) is 4.79 Å². The zero-order chi connectivity index (χ0) is 16.2. The first kappa shape index (κ1) is 15.9. The minimum atomic E-state index is 0.0436. The lowest BCUT2D eigenvalue weighted by atomic mass is 10.1. The number of thioether (sulfide) groups is 1. The fourth-order valence-electron chi connectivity index (χ4n) is 2.66. The lowest BCUT2D eigenvalue weighted by Crippen LogP contribution is -2.34. The van der Waals surface area contributed by atoms with Gasteiger partial charge in [0.05, 0.1) is 0 Å². The number of nitrogens with zero attached hydrogens (tertiary/aromatic N) is 1.